The van der Waals surface area contributed by atoms with Gasteiger partial charge in [-0.2, -0.15) is 5.10 Å². The van der Waals surface area contributed by atoms with E-state index >= 15 is 0 Å². The molecule has 0 saturated carbocycles. The molecule has 1 atom stereocenters. The van der Waals surface area contributed by atoms with Gasteiger partial charge in [0.15, 0.2) is 0 Å². The number of nitrogens with zero attached hydrogens (tertiary/aromatic N) is 2. The summed E-state index contributed by atoms with van der Waals surface area (Å²) in [5.74, 6) is 0. The standard InChI is InChI=1S/C16H20ClN3/c1-20-16(10-14-4-2-3-9-18-14)15(11-19-20)12-5-7-13(17)8-6-12/h5-8,11,14,18H,2-4,9-10H2,1H3. The van der Waals surface area contributed by atoms with Crippen LogP contribution >= 0.6 is 11.6 Å². The Bertz CT molecular complexity index is 568. The van der Waals surface area contributed by atoms with E-state index in [0.717, 1.165) is 18.0 Å². The SMILES string of the molecule is Cn1ncc(-c2ccc(Cl)cc2)c1CC1CCCCN1. The van der Waals surface area contributed by atoms with Crippen LogP contribution in [0.4, 0.5) is 0 Å². The normalized spacial score (nSPS) is 19.2. The smallest absolute Gasteiger partial charge is 0.0571 e. The van der Waals surface area contributed by atoms with E-state index < -0.39 is 0 Å². The molecule has 1 fully saturated rings. The summed E-state index contributed by atoms with van der Waals surface area (Å²) in [6.45, 7) is 1.14. The minimum absolute atomic E-state index is 0.574. The van der Waals surface area contributed by atoms with Crippen LogP contribution in [0.1, 0.15) is 25.0 Å². The van der Waals surface area contributed by atoms with Crippen molar-refractivity contribution in [2.75, 3.05) is 6.54 Å². The van der Waals surface area contributed by atoms with Crippen molar-refractivity contribution in [3.05, 3.63) is 41.2 Å². The largest absolute Gasteiger partial charge is 0.314 e. The van der Waals surface area contributed by atoms with Gasteiger partial charge in [0.25, 0.3) is 0 Å². The molecular formula is C16H20ClN3. The molecule has 106 valence electrons. The molecule has 1 aromatic carbocycles. The topological polar surface area (TPSA) is 29.9 Å². The fourth-order valence-electron chi connectivity index (χ4n) is 2.91. The van der Waals surface area contributed by atoms with Crippen LogP contribution in [0.2, 0.25) is 5.02 Å². The lowest BCUT2D eigenvalue weighted by molar-refractivity contribution is 0.393. The lowest BCUT2D eigenvalue weighted by Crippen LogP contribution is -2.36. The second kappa shape index (κ2) is 5.98. The third-order valence-corrected chi connectivity index (χ3v) is 4.32. The second-order valence-electron chi connectivity index (χ2n) is 5.49. The maximum Gasteiger partial charge on any atom is 0.0571 e. The summed E-state index contributed by atoms with van der Waals surface area (Å²) in [7, 11) is 2.03. The Balaban J connectivity index is 1.86. The van der Waals surface area contributed by atoms with Gasteiger partial charge in [0.05, 0.1) is 6.20 Å². The highest BCUT2D eigenvalue weighted by atomic mass is 35.5. The molecule has 1 aliphatic rings. The Morgan fingerprint density at radius 1 is 1.30 bits per heavy atom. The summed E-state index contributed by atoms with van der Waals surface area (Å²) in [5.41, 5.74) is 3.71. The first kappa shape index (κ1) is 13.7. The van der Waals surface area contributed by atoms with Gasteiger partial charge < -0.3 is 5.32 Å². The van der Waals surface area contributed by atoms with Crippen molar-refractivity contribution in [2.45, 2.75) is 31.7 Å². The zero-order chi connectivity index (χ0) is 13.9. The highest BCUT2D eigenvalue weighted by Crippen LogP contribution is 2.26. The van der Waals surface area contributed by atoms with Crippen molar-refractivity contribution < 1.29 is 0 Å². The fourth-order valence-corrected chi connectivity index (χ4v) is 3.03. The van der Waals surface area contributed by atoms with Crippen LogP contribution in [-0.2, 0) is 13.5 Å². The van der Waals surface area contributed by atoms with Crippen molar-refractivity contribution in [1.29, 1.82) is 0 Å². The van der Waals surface area contributed by atoms with Crippen molar-refractivity contribution in [3.63, 3.8) is 0 Å². The number of rotatable bonds is 3. The van der Waals surface area contributed by atoms with Crippen molar-refractivity contribution in [1.82, 2.24) is 15.1 Å². The molecule has 2 aromatic rings. The number of hydrogen-bond donors (Lipinski definition) is 1. The molecule has 2 heterocycles. The highest BCUT2D eigenvalue weighted by Gasteiger charge is 2.18. The first-order chi connectivity index (χ1) is 9.74. The summed E-state index contributed by atoms with van der Waals surface area (Å²) in [4.78, 5) is 0. The molecule has 1 N–H and O–H groups in total. The van der Waals surface area contributed by atoms with Gasteiger partial charge in [-0.05, 0) is 37.1 Å². The zero-order valence-corrected chi connectivity index (χ0v) is 12.5. The third-order valence-electron chi connectivity index (χ3n) is 4.07. The van der Waals surface area contributed by atoms with Gasteiger partial charge in [0.1, 0.15) is 0 Å². The molecule has 3 rings (SSSR count). The summed E-state index contributed by atoms with van der Waals surface area (Å²) in [6, 6.07) is 8.58. The summed E-state index contributed by atoms with van der Waals surface area (Å²) in [6.07, 6.45) is 6.87. The number of hydrogen-bond acceptors (Lipinski definition) is 2. The van der Waals surface area contributed by atoms with E-state index in [2.05, 4.69) is 22.5 Å². The summed E-state index contributed by atoms with van der Waals surface area (Å²) in [5, 5.41) is 8.82. The lowest BCUT2D eigenvalue weighted by atomic mass is 9.97. The fraction of sp³-hybridized carbons (Fsp3) is 0.438. The average molecular weight is 290 g/mol. The lowest BCUT2D eigenvalue weighted by Gasteiger charge is -2.24. The number of aromatic nitrogens is 2. The number of aryl methyl sites for hydroxylation is 1. The van der Waals surface area contributed by atoms with Gasteiger partial charge in [-0.1, -0.05) is 30.2 Å². The first-order valence-electron chi connectivity index (χ1n) is 7.24. The quantitative estimate of drug-likeness (QED) is 0.938. The van der Waals surface area contributed by atoms with Crippen LogP contribution in [0, 0.1) is 0 Å². The summed E-state index contributed by atoms with van der Waals surface area (Å²) >= 11 is 5.97. The number of halogens is 1. The molecule has 0 bridgehead atoms. The number of nitrogens with one attached hydrogen (secondary N) is 1. The second-order valence-corrected chi connectivity index (χ2v) is 5.92. The molecule has 0 spiro atoms. The van der Waals surface area contributed by atoms with E-state index in [9.17, 15) is 0 Å². The molecular weight excluding hydrogens is 270 g/mol. The van der Waals surface area contributed by atoms with Crippen LogP contribution in [-0.4, -0.2) is 22.4 Å². The Labute approximate surface area is 124 Å². The van der Waals surface area contributed by atoms with E-state index in [1.165, 1.54) is 36.1 Å². The molecule has 1 aromatic heterocycles. The van der Waals surface area contributed by atoms with Gasteiger partial charge in [0, 0.05) is 35.8 Å². The molecule has 1 saturated heterocycles. The van der Waals surface area contributed by atoms with Crippen LogP contribution in [0.25, 0.3) is 11.1 Å². The number of benzene rings is 1. The Morgan fingerprint density at radius 3 is 2.80 bits per heavy atom. The highest BCUT2D eigenvalue weighted by molar-refractivity contribution is 6.30. The van der Waals surface area contributed by atoms with Crippen LogP contribution < -0.4 is 5.32 Å². The van der Waals surface area contributed by atoms with Crippen LogP contribution in [0.15, 0.2) is 30.5 Å². The van der Waals surface area contributed by atoms with Gasteiger partial charge >= 0.3 is 0 Å². The van der Waals surface area contributed by atoms with Crippen molar-refractivity contribution in [3.8, 4) is 11.1 Å². The van der Waals surface area contributed by atoms with Gasteiger partial charge in [0.2, 0.25) is 0 Å². The summed E-state index contributed by atoms with van der Waals surface area (Å²) < 4.78 is 2.00. The van der Waals surface area contributed by atoms with E-state index in [4.69, 9.17) is 11.6 Å². The molecule has 0 aliphatic carbocycles. The molecule has 1 aliphatic heterocycles. The minimum Gasteiger partial charge on any atom is -0.314 e. The maximum absolute atomic E-state index is 5.97. The Morgan fingerprint density at radius 2 is 2.10 bits per heavy atom. The Hall–Kier alpha value is -1.32. The molecule has 0 radical (unpaired) electrons. The van der Waals surface area contributed by atoms with Gasteiger partial charge in [-0.15, -0.1) is 0 Å². The van der Waals surface area contributed by atoms with Crippen molar-refractivity contribution >= 4 is 11.6 Å². The minimum atomic E-state index is 0.574. The van der Waals surface area contributed by atoms with E-state index in [1.807, 2.05) is 30.1 Å². The first-order valence-corrected chi connectivity index (χ1v) is 7.62. The average Bonchev–Trinajstić information content (AvgIpc) is 2.83. The predicted octanol–water partition coefficient (Wildman–Crippen LogP) is 3.43. The van der Waals surface area contributed by atoms with E-state index in [-0.39, 0.29) is 0 Å². The molecule has 3 nitrogen and oxygen atoms in total. The van der Waals surface area contributed by atoms with E-state index in [1.54, 1.807) is 0 Å². The molecule has 1 unspecified atom stereocenters. The van der Waals surface area contributed by atoms with Gasteiger partial charge in [-0.3, -0.25) is 4.68 Å². The van der Waals surface area contributed by atoms with Crippen LogP contribution in [0.3, 0.4) is 0 Å². The Kier molecular flexibility index (Phi) is 4.08. The maximum atomic E-state index is 5.97. The van der Waals surface area contributed by atoms with Gasteiger partial charge in [-0.25, -0.2) is 0 Å². The monoisotopic (exact) mass is 289 g/mol. The molecule has 20 heavy (non-hydrogen) atoms. The van der Waals surface area contributed by atoms with Crippen molar-refractivity contribution in [2.24, 2.45) is 7.05 Å². The predicted molar refractivity (Wildman–Crippen MR) is 83.0 cm³/mol. The molecule has 4 heteroatoms. The van der Waals surface area contributed by atoms with Crippen LogP contribution in [0.5, 0.6) is 0 Å². The zero-order valence-electron chi connectivity index (χ0n) is 11.8. The number of piperidine rings is 1. The third kappa shape index (κ3) is 2.89. The molecule has 0 amide bonds. The van der Waals surface area contributed by atoms with E-state index in [0.29, 0.717) is 6.04 Å².